The van der Waals surface area contributed by atoms with E-state index in [-0.39, 0.29) is 5.91 Å². The van der Waals surface area contributed by atoms with Gasteiger partial charge in [0.25, 0.3) is 5.91 Å². The second-order valence-electron chi connectivity index (χ2n) is 7.38. The number of ether oxygens (including phenoxy) is 1. The normalized spacial score (nSPS) is 15.8. The van der Waals surface area contributed by atoms with Crippen molar-refractivity contribution >= 4 is 33.2 Å². The van der Waals surface area contributed by atoms with Gasteiger partial charge in [0.15, 0.2) is 0 Å². The Balaban J connectivity index is 1.87. The lowest BCUT2D eigenvalue weighted by atomic mass is 10.00. The summed E-state index contributed by atoms with van der Waals surface area (Å²) >= 11 is 3.57. The topological polar surface area (TPSA) is 41.6 Å². The SMILES string of the molecule is COc1c(Br)cccc1C1Nc2ccccc2C(=O)N1c1ccc(C(C)C)cc1. The maximum Gasteiger partial charge on any atom is 0.262 e. The lowest BCUT2D eigenvalue weighted by Crippen LogP contribution is -2.43. The van der Waals surface area contributed by atoms with Crippen molar-refractivity contribution in [3.05, 3.63) is 87.9 Å². The third-order valence-corrected chi connectivity index (χ3v) is 5.89. The molecule has 3 aromatic carbocycles. The monoisotopic (exact) mass is 450 g/mol. The predicted molar refractivity (Wildman–Crippen MR) is 121 cm³/mol. The second kappa shape index (κ2) is 7.91. The fourth-order valence-corrected chi connectivity index (χ4v) is 4.26. The van der Waals surface area contributed by atoms with Crippen LogP contribution in [0, 0.1) is 0 Å². The van der Waals surface area contributed by atoms with Crippen LogP contribution in [0.1, 0.15) is 47.4 Å². The molecule has 0 spiro atoms. The molecule has 0 aromatic heterocycles. The highest BCUT2D eigenvalue weighted by atomic mass is 79.9. The van der Waals surface area contributed by atoms with Crippen LogP contribution in [0.25, 0.3) is 0 Å². The predicted octanol–water partition coefficient (Wildman–Crippen LogP) is 6.35. The third kappa shape index (κ3) is 3.51. The van der Waals surface area contributed by atoms with Gasteiger partial charge in [-0.15, -0.1) is 0 Å². The van der Waals surface area contributed by atoms with E-state index in [1.807, 2.05) is 54.6 Å². The number of hydrogen-bond acceptors (Lipinski definition) is 3. The van der Waals surface area contributed by atoms with Gasteiger partial charge in [-0.05, 0) is 57.7 Å². The van der Waals surface area contributed by atoms with E-state index in [2.05, 4.69) is 47.2 Å². The third-order valence-electron chi connectivity index (χ3n) is 5.26. The van der Waals surface area contributed by atoms with Crippen LogP contribution in [-0.4, -0.2) is 13.0 Å². The molecule has 5 heteroatoms. The van der Waals surface area contributed by atoms with Crippen LogP contribution in [-0.2, 0) is 0 Å². The van der Waals surface area contributed by atoms with E-state index in [1.165, 1.54) is 5.56 Å². The first-order valence-electron chi connectivity index (χ1n) is 9.62. The Morgan fingerprint density at radius 2 is 1.72 bits per heavy atom. The lowest BCUT2D eigenvalue weighted by Gasteiger charge is -2.38. The van der Waals surface area contributed by atoms with Gasteiger partial charge in [-0.25, -0.2) is 0 Å². The van der Waals surface area contributed by atoms with Gasteiger partial charge in [-0.3, -0.25) is 9.69 Å². The number of rotatable bonds is 4. The molecule has 1 atom stereocenters. The van der Waals surface area contributed by atoms with Gasteiger partial charge in [0.2, 0.25) is 0 Å². The summed E-state index contributed by atoms with van der Waals surface area (Å²) in [6.45, 7) is 4.32. The number of para-hydroxylation sites is 2. The van der Waals surface area contributed by atoms with E-state index >= 15 is 0 Å². The molecule has 1 N–H and O–H groups in total. The molecule has 1 amide bonds. The minimum Gasteiger partial charge on any atom is -0.495 e. The highest BCUT2D eigenvalue weighted by molar-refractivity contribution is 9.10. The number of benzene rings is 3. The summed E-state index contributed by atoms with van der Waals surface area (Å²) in [6.07, 6.45) is -0.394. The van der Waals surface area contributed by atoms with Crippen molar-refractivity contribution in [1.29, 1.82) is 0 Å². The number of carbonyl (C=O) groups is 1. The van der Waals surface area contributed by atoms with E-state index in [0.29, 0.717) is 17.2 Å². The van der Waals surface area contributed by atoms with Crippen LogP contribution < -0.4 is 15.0 Å². The summed E-state index contributed by atoms with van der Waals surface area (Å²) in [4.78, 5) is 15.3. The Labute approximate surface area is 179 Å². The van der Waals surface area contributed by atoms with Crippen LogP contribution in [0.2, 0.25) is 0 Å². The van der Waals surface area contributed by atoms with Crippen molar-refractivity contribution in [3.8, 4) is 5.75 Å². The molecule has 0 aliphatic carbocycles. The largest absolute Gasteiger partial charge is 0.495 e. The number of nitrogens with zero attached hydrogens (tertiary/aromatic N) is 1. The van der Waals surface area contributed by atoms with Crippen LogP contribution >= 0.6 is 15.9 Å². The summed E-state index contributed by atoms with van der Waals surface area (Å²) in [5, 5.41) is 3.54. The number of fused-ring (bicyclic) bond motifs is 1. The van der Waals surface area contributed by atoms with E-state index in [9.17, 15) is 4.79 Å². The number of anilines is 2. The smallest absolute Gasteiger partial charge is 0.262 e. The van der Waals surface area contributed by atoms with Gasteiger partial charge in [-0.2, -0.15) is 0 Å². The van der Waals surface area contributed by atoms with Crippen molar-refractivity contribution < 1.29 is 9.53 Å². The lowest BCUT2D eigenvalue weighted by molar-refractivity contribution is 0.0974. The molecule has 0 saturated heterocycles. The zero-order valence-electron chi connectivity index (χ0n) is 16.6. The van der Waals surface area contributed by atoms with Gasteiger partial charge in [0, 0.05) is 16.9 Å². The molecule has 1 heterocycles. The molecule has 1 aliphatic rings. The molecule has 0 radical (unpaired) electrons. The standard InChI is InChI=1S/C24H23BrN2O2/c1-15(2)16-11-13-17(14-12-16)27-23(19-8-6-9-20(25)22(19)29-3)26-21-10-5-4-7-18(21)24(27)28/h4-15,23,26H,1-3H3. The first-order valence-corrected chi connectivity index (χ1v) is 10.4. The van der Waals surface area contributed by atoms with Gasteiger partial charge >= 0.3 is 0 Å². The molecule has 148 valence electrons. The quantitative estimate of drug-likeness (QED) is 0.503. The molecule has 29 heavy (non-hydrogen) atoms. The average molecular weight is 451 g/mol. The average Bonchev–Trinajstić information content (AvgIpc) is 2.73. The van der Waals surface area contributed by atoms with Crippen molar-refractivity contribution in [2.45, 2.75) is 25.9 Å². The van der Waals surface area contributed by atoms with Crippen molar-refractivity contribution in [3.63, 3.8) is 0 Å². The minimum atomic E-state index is -0.394. The van der Waals surface area contributed by atoms with Crippen LogP contribution in [0.15, 0.2) is 71.2 Å². The second-order valence-corrected chi connectivity index (χ2v) is 8.23. The zero-order chi connectivity index (χ0) is 20.5. The Morgan fingerprint density at radius 3 is 2.41 bits per heavy atom. The van der Waals surface area contributed by atoms with Gasteiger partial charge in [0.05, 0.1) is 17.1 Å². The van der Waals surface area contributed by atoms with Gasteiger partial charge in [0.1, 0.15) is 11.9 Å². The maximum atomic E-state index is 13.5. The van der Waals surface area contributed by atoms with E-state index in [1.54, 1.807) is 12.0 Å². The molecule has 0 bridgehead atoms. The summed E-state index contributed by atoms with van der Waals surface area (Å²) in [6, 6.07) is 21.7. The van der Waals surface area contributed by atoms with Gasteiger partial charge in [-0.1, -0.05) is 50.2 Å². The molecular formula is C24H23BrN2O2. The number of amides is 1. The van der Waals surface area contributed by atoms with Crippen molar-refractivity contribution in [2.24, 2.45) is 0 Å². The number of nitrogens with one attached hydrogen (secondary N) is 1. The summed E-state index contributed by atoms with van der Waals surface area (Å²) in [7, 11) is 1.64. The van der Waals surface area contributed by atoms with E-state index < -0.39 is 6.17 Å². The molecule has 0 fully saturated rings. The summed E-state index contributed by atoms with van der Waals surface area (Å²) in [5.74, 6) is 1.10. The Hall–Kier alpha value is -2.79. The molecular weight excluding hydrogens is 428 g/mol. The Kier molecular flexibility index (Phi) is 5.33. The highest BCUT2D eigenvalue weighted by Gasteiger charge is 2.35. The maximum absolute atomic E-state index is 13.5. The van der Waals surface area contributed by atoms with Gasteiger partial charge < -0.3 is 10.1 Å². The van der Waals surface area contributed by atoms with Crippen LogP contribution in [0.3, 0.4) is 0 Å². The van der Waals surface area contributed by atoms with Crippen molar-refractivity contribution in [2.75, 3.05) is 17.3 Å². The van der Waals surface area contributed by atoms with E-state index in [0.717, 1.165) is 21.4 Å². The molecule has 3 aromatic rings. The van der Waals surface area contributed by atoms with E-state index in [4.69, 9.17) is 4.74 Å². The first kappa shape index (κ1) is 19.5. The zero-order valence-corrected chi connectivity index (χ0v) is 18.2. The van der Waals surface area contributed by atoms with Crippen LogP contribution in [0.5, 0.6) is 5.75 Å². The minimum absolute atomic E-state index is 0.0383. The number of hydrogen-bond donors (Lipinski definition) is 1. The van der Waals surface area contributed by atoms with Crippen molar-refractivity contribution in [1.82, 2.24) is 0 Å². The first-order chi connectivity index (χ1) is 14.0. The van der Waals surface area contributed by atoms with Crippen LogP contribution in [0.4, 0.5) is 11.4 Å². The molecule has 4 rings (SSSR count). The number of methoxy groups -OCH3 is 1. The summed E-state index contributed by atoms with van der Waals surface area (Å²) in [5.41, 5.74) is 4.44. The highest BCUT2D eigenvalue weighted by Crippen LogP contribution is 2.41. The molecule has 1 unspecified atom stereocenters. The Morgan fingerprint density at radius 1 is 1.00 bits per heavy atom. The molecule has 1 aliphatic heterocycles. The fraction of sp³-hybridized carbons (Fsp3) is 0.208. The Bertz CT molecular complexity index is 1050. The number of halogens is 1. The summed E-state index contributed by atoms with van der Waals surface area (Å²) < 4.78 is 6.51. The molecule has 4 nitrogen and oxygen atoms in total. The number of carbonyl (C=O) groups excluding carboxylic acids is 1. The fourth-order valence-electron chi connectivity index (χ4n) is 3.71. The molecule has 0 saturated carbocycles.